The van der Waals surface area contributed by atoms with Crippen molar-refractivity contribution in [1.82, 2.24) is 15.2 Å². The van der Waals surface area contributed by atoms with Crippen LogP contribution in [0.3, 0.4) is 0 Å². The van der Waals surface area contributed by atoms with Gasteiger partial charge in [-0.05, 0) is 103 Å². The van der Waals surface area contributed by atoms with E-state index >= 15 is 0 Å². The minimum absolute atomic E-state index is 0.135. The molecule has 2 heterocycles. The van der Waals surface area contributed by atoms with Gasteiger partial charge in [0.1, 0.15) is 12.4 Å². The summed E-state index contributed by atoms with van der Waals surface area (Å²) in [5.41, 5.74) is 2.36. The molecule has 1 saturated heterocycles. The molecule has 31 heavy (non-hydrogen) atoms. The average Bonchev–Trinajstić information content (AvgIpc) is 2.83. The van der Waals surface area contributed by atoms with E-state index in [0.29, 0.717) is 5.92 Å². The fourth-order valence-electron chi connectivity index (χ4n) is 4.10. The van der Waals surface area contributed by atoms with Crippen molar-refractivity contribution in [3.05, 3.63) is 93.8 Å². The Labute approximate surface area is 199 Å². The molecular formula is C26H30IN3O. The normalized spacial score (nSPS) is 16.2. The van der Waals surface area contributed by atoms with E-state index in [0.717, 1.165) is 44.2 Å². The van der Waals surface area contributed by atoms with Crippen LogP contribution in [0.4, 0.5) is 0 Å². The van der Waals surface area contributed by atoms with Crippen LogP contribution in [-0.2, 0) is 0 Å². The predicted octanol–water partition coefficient (Wildman–Crippen LogP) is 5.16. The van der Waals surface area contributed by atoms with Crippen molar-refractivity contribution < 1.29 is 4.74 Å². The summed E-state index contributed by atoms with van der Waals surface area (Å²) in [6.07, 6.45) is 4.33. The number of halogens is 1. The van der Waals surface area contributed by atoms with Gasteiger partial charge in [0.15, 0.2) is 0 Å². The number of benzene rings is 2. The van der Waals surface area contributed by atoms with Gasteiger partial charge < -0.3 is 10.1 Å². The molecule has 1 aliphatic rings. The van der Waals surface area contributed by atoms with Crippen LogP contribution in [0.1, 0.15) is 30.1 Å². The fourth-order valence-corrected chi connectivity index (χ4v) is 4.46. The van der Waals surface area contributed by atoms with Gasteiger partial charge in [0.25, 0.3) is 0 Å². The van der Waals surface area contributed by atoms with E-state index in [1.54, 1.807) is 0 Å². The number of likely N-dealkylation sites (tertiary alicyclic amines) is 1. The standard InChI is InChI=1S/C26H30IN3O/c27-23-11-9-22(10-12-23)26(25-8-4-5-15-28-25)29-20-21-13-16-30(17-14-21)18-19-31-24-6-2-1-3-7-24/h1-12,15,21,26,29H,13-14,16-20H2. The molecular weight excluding hydrogens is 497 g/mol. The van der Waals surface area contributed by atoms with Crippen LogP contribution >= 0.6 is 22.6 Å². The summed E-state index contributed by atoms with van der Waals surface area (Å²) in [5.74, 6) is 1.65. The first-order chi connectivity index (χ1) is 15.3. The molecule has 0 saturated carbocycles. The summed E-state index contributed by atoms with van der Waals surface area (Å²) in [7, 11) is 0. The van der Waals surface area contributed by atoms with Crippen molar-refractivity contribution in [1.29, 1.82) is 0 Å². The number of hydrogen-bond acceptors (Lipinski definition) is 4. The van der Waals surface area contributed by atoms with Crippen molar-refractivity contribution in [2.24, 2.45) is 5.92 Å². The zero-order chi connectivity index (χ0) is 21.3. The monoisotopic (exact) mass is 527 g/mol. The highest BCUT2D eigenvalue weighted by molar-refractivity contribution is 14.1. The molecule has 4 rings (SSSR count). The summed E-state index contributed by atoms with van der Waals surface area (Å²) in [5, 5.41) is 3.81. The molecule has 4 nitrogen and oxygen atoms in total. The largest absolute Gasteiger partial charge is 0.492 e. The minimum atomic E-state index is 0.135. The molecule has 162 valence electrons. The Kier molecular flexibility index (Phi) is 8.32. The topological polar surface area (TPSA) is 37.4 Å². The van der Waals surface area contributed by atoms with Crippen LogP contribution in [0.5, 0.6) is 5.75 Å². The third-order valence-corrected chi connectivity index (χ3v) is 6.64. The molecule has 0 amide bonds. The number of nitrogens with one attached hydrogen (secondary N) is 1. The lowest BCUT2D eigenvalue weighted by Gasteiger charge is -2.33. The predicted molar refractivity (Wildman–Crippen MR) is 134 cm³/mol. The second kappa shape index (κ2) is 11.6. The Hall–Kier alpha value is -1.96. The molecule has 1 unspecified atom stereocenters. The molecule has 2 aromatic carbocycles. The summed E-state index contributed by atoms with van der Waals surface area (Å²) < 4.78 is 7.11. The van der Waals surface area contributed by atoms with E-state index in [1.165, 1.54) is 22.0 Å². The van der Waals surface area contributed by atoms with Gasteiger partial charge in [0, 0.05) is 16.3 Å². The highest BCUT2D eigenvalue weighted by atomic mass is 127. The summed E-state index contributed by atoms with van der Waals surface area (Å²) in [6.45, 7) is 5.04. The van der Waals surface area contributed by atoms with Crippen LogP contribution in [0.2, 0.25) is 0 Å². The average molecular weight is 527 g/mol. The fraction of sp³-hybridized carbons (Fsp3) is 0.346. The van der Waals surface area contributed by atoms with E-state index in [2.05, 4.69) is 74.2 Å². The van der Waals surface area contributed by atoms with Gasteiger partial charge in [-0.2, -0.15) is 0 Å². The maximum absolute atomic E-state index is 5.86. The highest BCUT2D eigenvalue weighted by Crippen LogP contribution is 2.23. The van der Waals surface area contributed by atoms with Crippen molar-refractivity contribution >= 4 is 22.6 Å². The number of para-hydroxylation sites is 1. The molecule has 1 aromatic heterocycles. The highest BCUT2D eigenvalue weighted by Gasteiger charge is 2.21. The maximum atomic E-state index is 5.86. The summed E-state index contributed by atoms with van der Waals surface area (Å²) >= 11 is 2.36. The lowest BCUT2D eigenvalue weighted by atomic mass is 9.95. The van der Waals surface area contributed by atoms with Crippen molar-refractivity contribution in [2.75, 3.05) is 32.8 Å². The van der Waals surface area contributed by atoms with Crippen molar-refractivity contribution in [2.45, 2.75) is 18.9 Å². The molecule has 0 bridgehead atoms. The first kappa shape index (κ1) is 22.2. The molecule has 1 N–H and O–H groups in total. The number of pyridine rings is 1. The number of piperidine rings is 1. The van der Waals surface area contributed by atoms with E-state index in [4.69, 9.17) is 4.74 Å². The van der Waals surface area contributed by atoms with Crippen molar-refractivity contribution in [3.63, 3.8) is 0 Å². The van der Waals surface area contributed by atoms with Gasteiger partial charge in [-0.15, -0.1) is 0 Å². The lowest BCUT2D eigenvalue weighted by Crippen LogP contribution is -2.40. The van der Waals surface area contributed by atoms with Crippen LogP contribution < -0.4 is 10.1 Å². The first-order valence-electron chi connectivity index (χ1n) is 11.1. The molecule has 1 aliphatic heterocycles. The van der Waals surface area contributed by atoms with E-state index in [9.17, 15) is 0 Å². The van der Waals surface area contributed by atoms with Gasteiger partial charge in [-0.3, -0.25) is 9.88 Å². The number of rotatable bonds is 9. The zero-order valence-electron chi connectivity index (χ0n) is 17.8. The molecule has 3 aromatic rings. The SMILES string of the molecule is Ic1ccc(C(NCC2CCN(CCOc3ccccc3)CC2)c2ccccn2)cc1. The maximum Gasteiger partial charge on any atom is 0.119 e. The van der Waals surface area contributed by atoms with Crippen LogP contribution in [-0.4, -0.2) is 42.7 Å². The van der Waals surface area contributed by atoms with Gasteiger partial charge in [-0.25, -0.2) is 0 Å². The third kappa shape index (κ3) is 6.76. The summed E-state index contributed by atoms with van der Waals surface area (Å²) in [4.78, 5) is 7.15. The first-order valence-corrected chi connectivity index (χ1v) is 12.2. The van der Waals surface area contributed by atoms with Gasteiger partial charge in [0.05, 0.1) is 11.7 Å². The van der Waals surface area contributed by atoms with Gasteiger partial charge in [-0.1, -0.05) is 36.4 Å². The molecule has 0 radical (unpaired) electrons. The Morgan fingerprint density at radius 3 is 2.42 bits per heavy atom. The molecule has 1 fully saturated rings. The van der Waals surface area contributed by atoms with E-state index < -0.39 is 0 Å². The number of aromatic nitrogens is 1. The van der Waals surface area contributed by atoms with Gasteiger partial charge in [0.2, 0.25) is 0 Å². The smallest absolute Gasteiger partial charge is 0.119 e. The summed E-state index contributed by atoms with van der Waals surface area (Å²) in [6, 6.07) is 25.1. The van der Waals surface area contributed by atoms with Crippen LogP contribution in [0, 0.1) is 9.49 Å². The lowest BCUT2D eigenvalue weighted by molar-refractivity contribution is 0.153. The number of nitrogens with zero attached hydrogens (tertiary/aromatic N) is 2. The van der Waals surface area contributed by atoms with Crippen LogP contribution in [0.15, 0.2) is 79.0 Å². The number of hydrogen-bond donors (Lipinski definition) is 1. The Morgan fingerprint density at radius 1 is 0.968 bits per heavy atom. The molecule has 5 heteroatoms. The molecule has 0 aliphatic carbocycles. The number of ether oxygens (including phenoxy) is 1. The third-order valence-electron chi connectivity index (χ3n) is 5.92. The second-order valence-electron chi connectivity index (χ2n) is 8.09. The van der Waals surface area contributed by atoms with E-state index in [-0.39, 0.29) is 6.04 Å². The quantitative estimate of drug-likeness (QED) is 0.391. The molecule has 0 spiro atoms. The molecule has 1 atom stereocenters. The van der Waals surface area contributed by atoms with Crippen LogP contribution in [0.25, 0.3) is 0 Å². The van der Waals surface area contributed by atoms with Gasteiger partial charge >= 0.3 is 0 Å². The van der Waals surface area contributed by atoms with Crippen molar-refractivity contribution in [3.8, 4) is 5.75 Å². The van der Waals surface area contributed by atoms with E-state index in [1.807, 2.05) is 42.6 Å². The minimum Gasteiger partial charge on any atom is -0.492 e. The second-order valence-corrected chi connectivity index (χ2v) is 9.34. The Morgan fingerprint density at radius 2 is 1.71 bits per heavy atom. The Balaban J connectivity index is 1.25. The zero-order valence-corrected chi connectivity index (χ0v) is 19.9. The Bertz CT molecular complexity index is 897.